The van der Waals surface area contributed by atoms with Crippen LogP contribution in [0.5, 0.6) is 0 Å². The van der Waals surface area contributed by atoms with Gasteiger partial charge in [-0.25, -0.2) is 9.78 Å². The predicted molar refractivity (Wildman–Crippen MR) is 120 cm³/mol. The minimum absolute atomic E-state index is 0.00428. The number of carboxylic acid groups (broad SMARTS) is 1. The molecule has 1 aromatic heterocycles. The molecule has 0 fully saturated rings. The summed E-state index contributed by atoms with van der Waals surface area (Å²) in [4.78, 5) is 78.1. The van der Waals surface area contributed by atoms with Gasteiger partial charge in [0.1, 0.15) is 18.1 Å². The molecule has 1 heterocycles. The second-order valence-electron chi connectivity index (χ2n) is 7.27. The molecule has 0 bridgehead atoms. The topological polar surface area (TPSA) is 265 Å². The SMILES string of the molecule is NC(=O)CCC(NC(=O)C(Cc1cnc[nH]1)NC(=O)C(N)CS)C(=O)NC(CC(N)=O)C(=O)O. The third kappa shape index (κ3) is 9.86. The van der Waals surface area contributed by atoms with Crippen LogP contribution in [0.1, 0.15) is 25.0 Å². The van der Waals surface area contributed by atoms with Crippen molar-refractivity contribution < 1.29 is 33.9 Å². The molecule has 16 heteroatoms. The van der Waals surface area contributed by atoms with Crippen LogP contribution in [0.25, 0.3) is 0 Å². The van der Waals surface area contributed by atoms with Gasteiger partial charge in [-0.2, -0.15) is 12.6 Å². The van der Waals surface area contributed by atoms with Crippen molar-refractivity contribution in [2.45, 2.75) is 49.9 Å². The molecule has 1 aromatic rings. The van der Waals surface area contributed by atoms with Gasteiger partial charge in [0.05, 0.1) is 18.8 Å². The summed E-state index contributed by atoms with van der Waals surface area (Å²) in [5.74, 6) is -5.79. The number of aliphatic carboxylic acids is 1. The maximum Gasteiger partial charge on any atom is 0.326 e. The molecule has 15 nitrogen and oxygen atoms in total. The van der Waals surface area contributed by atoms with Crippen molar-refractivity contribution in [3.05, 3.63) is 18.2 Å². The van der Waals surface area contributed by atoms with Crippen molar-refractivity contribution in [3.63, 3.8) is 0 Å². The number of imidazole rings is 1. The molecule has 0 radical (unpaired) electrons. The van der Waals surface area contributed by atoms with Gasteiger partial charge in [-0.1, -0.05) is 0 Å². The summed E-state index contributed by atoms with van der Waals surface area (Å²) in [6, 6.07) is -5.32. The van der Waals surface area contributed by atoms with Crippen molar-refractivity contribution in [3.8, 4) is 0 Å². The highest BCUT2D eigenvalue weighted by Gasteiger charge is 2.31. The number of primary amides is 2. The molecule has 0 aliphatic heterocycles. The largest absolute Gasteiger partial charge is 0.480 e. The second kappa shape index (κ2) is 13.8. The third-order valence-corrected chi connectivity index (χ3v) is 4.87. The Kier molecular flexibility index (Phi) is 11.5. The fourth-order valence-electron chi connectivity index (χ4n) is 2.69. The van der Waals surface area contributed by atoms with E-state index in [2.05, 4.69) is 38.5 Å². The lowest BCUT2D eigenvalue weighted by atomic mass is 10.1. The summed E-state index contributed by atoms with van der Waals surface area (Å²) in [7, 11) is 0. The smallest absolute Gasteiger partial charge is 0.326 e. The Morgan fingerprint density at radius 2 is 1.56 bits per heavy atom. The molecule has 0 saturated carbocycles. The Hall–Kier alpha value is -3.66. The zero-order chi connectivity index (χ0) is 25.8. The number of hydrogen-bond donors (Lipinski definition) is 9. The predicted octanol–water partition coefficient (Wildman–Crippen LogP) is -4.11. The summed E-state index contributed by atoms with van der Waals surface area (Å²) in [6.45, 7) is 0. The van der Waals surface area contributed by atoms with Gasteiger partial charge in [0.15, 0.2) is 0 Å². The molecule has 0 saturated heterocycles. The summed E-state index contributed by atoms with van der Waals surface area (Å²) in [6.07, 6.45) is 1.42. The summed E-state index contributed by atoms with van der Waals surface area (Å²) >= 11 is 3.94. The van der Waals surface area contributed by atoms with Crippen LogP contribution in [-0.4, -0.2) is 80.5 Å². The van der Waals surface area contributed by atoms with E-state index in [0.717, 1.165) is 0 Å². The number of rotatable bonds is 15. The number of nitrogens with one attached hydrogen (secondary N) is 4. The van der Waals surface area contributed by atoms with Crippen molar-refractivity contribution in [1.29, 1.82) is 0 Å². The Balaban J connectivity index is 3.07. The molecule has 34 heavy (non-hydrogen) atoms. The molecule has 188 valence electrons. The maximum absolute atomic E-state index is 13.0. The first-order valence-electron chi connectivity index (χ1n) is 9.98. The number of aromatic amines is 1. The molecule has 5 amide bonds. The van der Waals surface area contributed by atoms with Crippen LogP contribution in [-0.2, 0) is 35.2 Å². The van der Waals surface area contributed by atoms with Crippen molar-refractivity contribution in [1.82, 2.24) is 25.9 Å². The molecular weight excluding hydrogens is 472 g/mol. The van der Waals surface area contributed by atoms with E-state index in [1.54, 1.807) is 0 Å². The number of carbonyl (C=O) groups excluding carboxylic acids is 5. The highest BCUT2D eigenvalue weighted by molar-refractivity contribution is 7.80. The highest BCUT2D eigenvalue weighted by Crippen LogP contribution is 2.05. The first-order valence-corrected chi connectivity index (χ1v) is 10.6. The average molecular weight is 501 g/mol. The maximum atomic E-state index is 13.0. The summed E-state index contributed by atoms with van der Waals surface area (Å²) in [5, 5.41) is 16.1. The van der Waals surface area contributed by atoms with Crippen molar-refractivity contribution >= 4 is 48.1 Å². The number of hydrogen-bond acceptors (Lipinski definition) is 9. The number of carboxylic acids is 1. The van der Waals surface area contributed by atoms with Crippen LogP contribution in [0.2, 0.25) is 0 Å². The van der Waals surface area contributed by atoms with Gasteiger partial charge in [-0.05, 0) is 6.42 Å². The van der Waals surface area contributed by atoms with E-state index in [0.29, 0.717) is 5.69 Å². The lowest BCUT2D eigenvalue weighted by Gasteiger charge is -2.24. The Labute approximate surface area is 199 Å². The Morgan fingerprint density at radius 3 is 2.06 bits per heavy atom. The number of carbonyl (C=O) groups is 6. The molecule has 0 aliphatic carbocycles. The normalized spacial score (nSPS) is 14.2. The van der Waals surface area contributed by atoms with Crippen molar-refractivity contribution in [2.24, 2.45) is 17.2 Å². The minimum atomic E-state index is -1.66. The number of nitrogens with zero attached hydrogens (tertiary/aromatic N) is 1. The molecule has 0 spiro atoms. The zero-order valence-electron chi connectivity index (χ0n) is 18.0. The molecule has 11 N–H and O–H groups in total. The van der Waals surface area contributed by atoms with Gasteiger partial charge in [-0.3, -0.25) is 24.0 Å². The number of amides is 5. The molecule has 4 atom stereocenters. The number of aromatic nitrogens is 2. The van der Waals surface area contributed by atoms with E-state index in [4.69, 9.17) is 17.2 Å². The molecule has 0 aliphatic rings. The van der Waals surface area contributed by atoms with E-state index >= 15 is 0 Å². The lowest BCUT2D eigenvalue weighted by molar-refractivity contribution is -0.144. The molecule has 1 rings (SSSR count). The van der Waals surface area contributed by atoms with Gasteiger partial charge in [-0.15, -0.1) is 0 Å². The minimum Gasteiger partial charge on any atom is -0.480 e. The number of nitrogens with two attached hydrogens (primary N) is 3. The fraction of sp³-hybridized carbons (Fsp3) is 0.500. The van der Waals surface area contributed by atoms with Gasteiger partial charge in [0.2, 0.25) is 29.5 Å². The van der Waals surface area contributed by atoms with Crippen LogP contribution in [0.15, 0.2) is 12.5 Å². The highest BCUT2D eigenvalue weighted by atomic mass is 32.1. The van der Waals surface area contributed by atoms with E-state index < -0.39 is 66.1 Å². The molecule has 0 aromatic carbocycles. The summed E-state index contributed by atoms with van der Waals surface area (Å²) in [5.41, 5.74) is 16.2. The average Bonchev–Trinajstić information content (AvgIpc) is 3.27. The van der Waals surface area contributed by atoms with Gasteiger partial charge in [0.25, 0.3) is 0 Å². The van der Waals surface area contributed by atoms with E-state index in [-0.39, 0.29) is 25.0 Å². The number of H-pyrrole nitrogens is 1. The van der Waals surface area contributed by atoms with Crippen LogP contribution in [0, 0.1) is 0 Å². The Bertz CT molecular complexity index is 895. The third-order valence-electron chi connectivity index (χ3n) is 4.48. The van der Waals surface area contributed by atoms with Gasteiger partial charge < -0.3 is 43.2 Å². The Morgan fingerprint density at radius 1 is 0.971 bits per heavy atom. The molecular formula is C18H28N8O7S. The van der Waals surface area contributed by atoms with Crippen LogP contribution < -0.4 is 33.2 Å². The van der Waals surface area contributed by atoms with Gasteiger partial charge in [0, 0.05) is 30.5 Å². The first kappa shape index (κ1) is 28.4. The quantitative estimate of drug-likeness (QED) is 0.106. The van der Waals surface area contributed by atoms with E-state index in [1.807, 2.05) is 0 Å². The number of thiol groups is 1. The monoisotopic (exact) mass is 500 g/mol. The van der Waals surface area contributed by atoms with Crippen LogP contribution in [0.4, 0.5) is 0 Å². The fourth-order valence-corrected chi connectivity index (χ4v) is 2.85. The second-order valence-corrected chi connectivity index (χ2v) is 7.63. The van der Waals surface area contributed by atoms with E-state index in [1.165, 1.54) is 12.5 Å². The zero-order valence-corrected chi connectivity index (χ0v) is 18.9. The van der Waals surface area contributed by atoms with Crippen LogP contribution >= 0.6 is 12.6 Å². The lowest BCUT2D eigenvalue weighted by Crippen LogP contribution is -2.58. The molecule has 4 unspecified atom stereocenters. The van der Waals surface area contributed by atoms with E-state index in [9.17, 15) is 33.9 Å². The first-order chi connectivity index (χ1) is 15.9. The standard InChI is InChI=1S/C18H28N8O7S/c19-9(6-34)15(29)25-11(3-8-5-22-7-23-8)17(31)24-10(1-2-13(20)27)16(30)26-12(18(32)33)4-14(21)28/h5,7,9-12,34H,1-4,6,19H2,(H2,20,27)(H2,21,28)(H,22,23)(H,24,31)(H,25,29)(H,26,30)(H,32,33). The van der Waals surface area contributed by atoms with Crippen LogP contribution in [0.3, 0.4) is 0 Å². The van der Waals surface area contributed by atoms with Gasteiger partial charge >= 0.3 is 5.97 Å². The van der Waals surface area contributed by atoms with Crippen molar-refractivity contribution in [2.75, 3.05) is 5.75 Å². The summed E-state index contributed by atoms with van der Waals surface area (Å²) < 4.78 is 0.